The molecule has 1 saturated heterocycles. The summed E-state index contributed by atoms with van der Waals surface area (Å²) < 4.78 is 27.2. The van der Waals surface area contributed by atoms with Crippen LogP contribution in [0.1, 0.15) is 38.2 Å². The molecular weight excluding hydrogens is 388 g/mol. The molecule has 0 spiro atoms. The van der Waals surface area contributed by atoms with Crippen LogP contribution in [0.2, 0.25) is 0 Å². The van der Waals surface area contributed by atoms with E-state index in [4.69, 9.17) is 5.41 Å². The minimum Gasteiger partial charge on any atom is -0.372 e. The topological polar surface area (TPSA) is 93.6 Å². The van der Waals surface area contributed by atoms with Crippen molar-refractivity contribution in [2.75, 3.05) is 26.2 Å². The van der Waals surface area contributed by atoms with E-state index in [9.17, 15) is 13.2 Å². The van der Waals surface area contributed by atoms with Crippen molar-refractivity contribution in [1.29, 1.82) is 5.41 Å². The molecule has 2 aliphatic rings. The molecular formula is C21H30N4O3S. The van der Waals surface area contributed by atoms with E-state index < -0.39 is 10.0 Å². The van der Waals surface area contributed by atoms with Crippen molar-refractivity contribution in [1.82, 2.24) is 14.5 Å². The van der Waals surface area contributed by atoms with Gasteiger partial charge in [0.1, 0.15) is 0 Å². The molecule has 3 rings (SSSR count). The van der Waals surface area contributed by atoms with Crippen LogP contribution in [0.4, 0.5) is 0 Å². The van der Waals surface area contributed by atoms with E-state index in [1.807, 2.05) is 4.90 Å². The highest BCUT2D eigenvalue weighted by Gasteiger charge is 2.34. The van der Waals surface area contributed by atoms with Gasteiger partial charge in [-0.05, 0) is 50.3 Å². The number of sulfonamides is 1. The Morgan fingerprint density at radius 3 is 2.21 bits per heavy atom. The Morgan fingerprint density at radius 1 is 1.10 bits per heavy atom. The van der Waals surface area contributed by atoms with E-state index in [1.165, 1.54) is 4.31 Å². The van der Waals surface area contributed by atoms with Crippen LogP contribution in [0.5, 0.6) is 0 Å². The van der Waals surface area contributed by atoms with Crippen LogP contribution in [0.25, 0.3) is 6.08 Å². The van der Waals surface area contributed by atoms with Crippen LogP contribution < -0.4 is 5.32 Å². The summed E-state index contributed by atoms with van der Waals surface area (Å²) >= 11 is 0. The average Bonchev–Trinajstić information content (AvgIpc) is 2.73. The Balaban J connectivity index is 1.54. The fourth-order valence-electron chi connectivity index (χ4n) is 4.12. The molecule has 0 bridgehead atoms. The van der Waals surface area contributed by atoms with Gasteiger partial charge in [-0.1, -0.05) is 24.8 Å². The summed E-state index contributed by atoms with van der Waals surface area (Å²) in [7, 11) is -3.55. The molecule has 1 aromatic rings. The second-order valence-electron chi connectivity index (χ2n) is 7.82. The van der Waals surface area contributed by atoms with Crippen molar-refractivity contribution < 1.29 is 13.2 Å². The van der Waals surface area contributed by atoms with Gasteiger partial charge in [-0.3, -0.25) is 10.2 Å². The Bertz CT molecular complexity index is 850. The summed E-state index contributed by atoms with van der Waals surface area (Å²) in [4.78, 5) is 15.0. The summed E-state index contributed by atoms with van der Waals surface area (Å²) in [5.41, 5.74) is 0.875. The molecule has 1 amide bonds. The lowest BCUT2D eigenvalue weighted by atomic mass is 9.85. The zero-order chi connectivity index (χ0) is 21.0. The highest BCUT2D eigenvalue weighted by atomic mass is 32.2. The standard InChI is InChI=1S/C21H30N4O3S/c1-3-17-4-10-20(11-5-17)29(27,28)25-14-12-24(13-15-25)21(26)18-6-8-19(9-7-18)23-16(2)22/h3-5,10-11,18-19H,1,6-9,12-15H2,2H3,(H2,22,23). The van der Waals surface area contributed by atoms with Crippen LogP contribution in [-0.4, -0.2) is 61.6 Å². The molecule has 2 fully saturated rings. The van der Waals surface area contributed by atoms with Crippen LogP contribution >= 0.6 is 0 Å². The summed E-state index contributed by atoms with van der Waals surface area (Å²) in [6.45, 7) is 6.92. The predicted molar refractivity (Wildman–Crippen MR) is 114 cm³/mol. The van der Waals surface area contributed by atoms with Crippen molar-refractivity contribution in [3.63, 3.8) is 0 Å². The zero-order valence-corrected chi connectivity index (χ0v) is 17.7. The number of amides is 1. The van der Waals surface area contributed by atoms with Gasteiger partial charge in [-0.25, -0.2) is 8.42 Å². The van der Waals surface area contributed by atoms with E-state index in [0.717, 1.165) is 31.2 Å². The number of hydrogen-bond donors (Lipinski definition) is 2. The minimum absolute atomic E-state index is 0.00805. The van der Waals surface area contributed by atoms with Gasteiger partial charge < -0.3 is 10.2 Å². The molecule has 1 aliphatic heterocycles. The SMILES string of the molecule is C=Cc1ccc(S(=O)(=O)N2CCN(C(=O)C3CCC(NC(C)=N)CC3)CC2)cc1. The Labute approximate surface area is 173 Å². The highest BCUT2D eigenvalue weighted by Crippen LogP contribution is 2.27. The maximum atomic E-state index is 12.9. The molecule has 1 saturated carbocycles. The minimum atomic E-state index is -3.55. The Kier molecular flexibility index (Phi) is 6.74. The van der Waals surface area contributed by atoms with E-state index in [1.54, 1.807) is 37.3 Å². The first-order valence-electron chi connectivity index (χ1n) is 10.1. The van der Waals surface area contributed by atoms with Gasteiger partial charge in [0.15, 0.2) is 0 Å². The summed E-state index contributed by atoms with van der Waals surface area (Å²) in [6, 6.07) is 6.97. The molecule has 158 valence electrons. The fraction of sp³-hybridized carbons (Fsp3) is 0.524. The van der Waals surface area contributed by atoms with Gasteiger partial charge in [0.2, 0.25) is 15.9 Å². The van der Waals surface area contributed by atoms with Gasteiger partial charge in [0, 0.05) is 38.1 Å². The number of hydrogen-bond acceptors (Lipinski definition) is 4. The normalized spacial score (nSPS) is 23.4. The largest absolute Gasteiger partial charge is 0.372 e. The summed E-state index contributed by atoms with van der Waals surface area (Å²) in [5.74, 6) is 0.618. The summed E-state index contributed by atoms with van der Waals surface area (Å²) in [5, 5.41) is 10.7. The summed E-state index contributed by atoms with van der Waals surface area (Å²) in [6.07, 6.45) is 5.09. The first kappa shape index (κ1) is 21.5. The van der Waals surface area contributed by atoms with Crippen molar-refractivity contribution >= 4 is 27.8 Å². The number of benzene rings is 1. The van der Waals surface area contributed by atoms with Crippen LogP contribution in [0, 0.1) is 11.3 Å². The number of rotatable bonds is 5. The lowest BCUT2D eigenvalue weighted by molar-refractivity contribution is -0.137. The molecule has 7 nitrogen and oxygen atoms in total. The number of nitrogens with zero attached hydrogens (tertiary/aromatic N) is 2. The van der Waals surface area contributed by atoms with Gasteiger partial charge in [-0.15, -0.1) is 0 Å². The molecule has 0 radical (unpaired) electrons. The lowest BCUT2D eigenvalue weighted by Gasteiger charge is -2.37. The molecule has 8 heteroatoms. The number of carbonyl (C=O) groups excluding carboxylic acids is 1. The molecule has 1 aliphatic carbocycles. The quantitative estimate of drug-likeness (QED) is 0.567. The third-order valence-corrected chi connectivity index (χ3v) is 7.71. The third kappa shape index (κ3) is 5.05. The van der Waals surface area contributed by atoms with Crippen LogP contribution in [-0.2, 0) is 14.8 Å². The predicted octanol–water partition coefficient (Wildman–Crippen LogP) is 2.31. The molecule has 1 heterocycles. The van der Waals surface area contributed by atoms with E-state index in [0.29, 0.717) is 32.0 Å². The second-order valence-corrected chi connectivity index (χ2v) is 9.76. The van der Waals surface area contributed by atoms with Crippen molar-refractivity contribution in [2.45, 2.75) is 43.5 Å². The van der Waals surface area contributed by atoms with E-state index in [2.05, 4.69) is 11.9 Å². The Morgan fingerprint density at radius 2 is 1.69 bits per heavy atom. The van der Waals surface area contributed by atoms with Crippen LogP contribution in [0.15, 0.2) is 35.7 Å². The van der Waals surface area contributed by atoms with E-state index >= 15 is 0 Å². The van der Waals surface area contributed by atoms with Crippen molar-refractivity contribution in [3.8, 4) is 0 Å². The number of nitrogens with one attached hydrogen (secondary N) is 2. The van der Waals surface area contributed by atoms with Gasteiger partial charge in [0.25, 0.3) is 0 Å². The smallest absolute Gasteiger partial charge is 0.243 e. The lowest BCUT2D eigenvalue weighted by Crippen LogP contribution is -2.52. The average molecular weight is 419 g/mol. The molecule has 0 aromatic heterocycles. The molecule has 0 unspecified atom stereocenters. The zero-order valence-electron chi connectivity index (χ0n) is 16.9. The maximum Gasteiger partial charge on any atom is 0.243 e. The highest BCUT2D eigenvalue weighted by molar-refractivity contribution is 7.89. The van der Waals surface area contributed by atoms with Gasteiger partial charge in [-0.2, -0.15) is 4.31 Å². The maximum absolute atomic E-state index is 12.9. The fourth-order valence-corrected chi connectivity index (χ4v) is 5.55. The first-order chi connectivity index (χ1) is 13.8. The van der Waals surface area contributed by atoms with Crippen molar-refractivity contribution in [2.24, 2.45) is 5.92 Å². The molecule has 1 aromatic carbocycles. The first-order valence-corrected chi connectivity index (χ1v) is 11.6. The van der Waals surface area contributed by atoms with E-state index in [-0.39, 0.29) is 22.8 Å². The number of amidine groups is 1. The monoisotopic (exact) mass is 418 g/mol. The molecule has 2 N–H and O–H groups in total. The number of piperazine rings is 1. The molecule has 29 heavy (non-hydrogen) atoms. The van der Waals surface area contributed by atoms with Crippen LogP contribution in [0.3, 0.4) is 0 Å². The van der Waals surface area contributed by atoms with Crippen molar-refractivity contribution in [3.05, 3.63) is 36.4 Å². The Hall–Kier alpha value is -2.19. The number of carbonyl (C=O) groups is 1. The second kappa shape index (κ2) is 9.09. The molecule has 0 atom stereocenters. The van der Waals surface area contributed by atoms with Gasteiger partial charge >= 0.3 is 0 Å². The third-order valence-electron chi connectivity index (χ3n) is 5.80. The van der Waals surface area contributed by atoms with Gasteiger partial charge in [0.05, 0.1) is 10.7 Å².